The van der Waals surface area contributed by atoms with Crippen molar-refractivity contribution in [1.29, 1.82) is 0 Å². The maximum absolute atomic E-state index is 12.4. The van der Waals surface area contributed by atoms with E-state index in [-0.39, 0.29) is 17.0 Å². The van der Waals surface area contributed by atoms with Gasteiger partial charge in [-0.2, -0.15) is 0 Å². The predicted molar refractivity (Wildman–Crippen MR) is 83.5 cm³/mol. The van der Waals surface area contributed by atoms with Gasteiger partial charge >= 0.3 is 5.97 Å². The lowest BCUT2D eigenvalue weighted by Gasteiger charge is -2.11. The van der Waals surface area contributed by atoms with Crippen LogP contribution in [0.5, 0.6) is 5.75 Å². The number of benzene rings is 2. The summed E-state index contributed by atoms with van der Waals surface area (Å²) in [6.45, 7) is 2.78. The minimum absolute atomic E-state index is 0.0870. The number of nitro groups is 1. The van der Waals surface area contributed by atoms with Gasteiger partial charge in [-0.3, -0.25) is 19.7 Å². The van der Waals surface area contributed by atoms with Crippen molar-refractivity contribution in [3.05, 3.63) is 63.7 Å². The molecule has 0 saturated carbocycles. The van der Waals surface area contributed by atoms with Gasteiger partial charge < -0.3 is 10.1 Å². The number of ether oxygens (including phenoxy) is 1. The highest BCUT2D eigenvalue weighted by molar-refractivity contribution is 6.07. The zero-order chi connectivity index (χ0) is 17.0. The molecule has 7 heteroatoms. The van der Waals surface area contributed by atoms with Crippen molar-refractivity contribution in [2.45, 2.75) is 13.8 Å². The molecule has 0 radical (unpaired) electrons. The first kappa shape index (κ1) is 16.2. The van der Waals surface area contributed by atoms with Gasteiger partial charge in [0.1, 0.15) is 5.75 Å². The van der Waals surface area contributed by atoms with Crippen molar-refractivity contribution in [2.24, 2.45) is 0 Å². The van der Waals surface area contributed by atoms with Crippen LogP contribution in [0.2, 0.25) is 0 Å². The van der Waals surface area contributed by atoms with Gasteiger partial charge in [-0.25, -0.2) is 0 Å². The van der Waals surface area contributed by atoms with Crippen LogP contribution in [0.25, 0.3) is 0 Å². The second-order valence-corrected chi connectivity index (χ2v) is 4.75. The molecule has 1 N–H and O–H groups in total. The van der Waals surface area contributed by atoms with Crippen LogP contribution in [0.15, 0.2) is 42.5 Å². The topological polar surface area (TPSA) is 98.5 Å². The average molecular weight is 314 g/mol. The monoisotopic (exact) mass is 314 g/mol. The minimum atomic E-state index is -0.545. The molecule has 7 nitrogen and oxygen atoms in total. The first-order chi connectivity index (χ1) is 10.9. The molecule has 0 atom stereocenters. The Morgan fingerprint density at radius 3 is 2.48 bits per heavy atom. The number of rotatable bonds is 4. The normalized spacial score (nSPS) is 10.0. The summed E-state index contributed by atoms with van der Waals surface area (Å²) in [5.41, 5.74) is 0.738. The third kappa shape index (κ3) is 3.70. The van der Waals surface area contributed by atoms with Crippen LogP contribution in [0.3, 0.4) is 0 Å². The highest BCUT2D eigenvalue weighted by Crippen LogP contribution is 2.26. The van der Waals surface area contributed by atoms with Crippen LogP contribution in [0.4, 0.5) is 11.4 Å². The van der Waals surface area contributed by atoms with Crippen molar-refractivity contribution in [3.63, 3.8) is 0 Å². The molecule has 2 aromatic rings. The molecule has 118 valence electrons. The number of hydrogen-bond acceptors (Lipinski definition) is 5. The van der Waals surface area contributed by atoms with E-state index in [0.29, 0.717) is 11.3 Å². The van der Waals surface area contributed by atoms with Gasteiger partial charge in [0.2, 0.25) is 0 Å². The van der Waals surface area contributed by atoms with Crippen LogP contribution < -0.4 is 10.1 Å². The lowest BCUT2D eigenvalue weighted by molar-refractivity contribution is -0.385. The number of anilines is 1. The average Bonchev–Trinajstić information content (AvgIpc) is 2.49. The fourth-order valence-electron chi connectivity index (χ4n) is 2.04. The summed E-state index contributed by atoms with van der Waals surface area (Å²) >= 11 is 0. The van der Waals surface area contributed by atoms with E-state index < -0.39 is 16.8 Å². The molecule has 0 aliphatic heterocycles. The van der Waals surface area contributed by atoms with Gasteiger partial charge in [0.05, 0.1) is 21.7 Å². The Labute approximate surface area is 132 Å². The summed E-state index contributed by atoms with van der Waals surface area (Å²) in [5, 5.41) is 13.5. The molecule has 0 aliphatic rings. The molecule has 23 heavy (non-hydrogen) atoms. The standard InChI is InChI=1S/C16H14N2O5/c1-10-13(7-5-8-14(10)18(21)22)17-16(20)12-6-3-4-9-15(12)23-11(2)19/h3-9H,1-2H3,(H,17,20). The van der Waals surface area contributed by atoms with Crippen LogP contribution in [-0.2, 0) is 4.79 Å². The molecule has 0 bridgehead atoms. The van der Waals surface area contributed by atoms with Gasteiger partial charge in [-0.15, -0.1) is 0 Å². The SMILES string of the molecule is CC(=O)Oc1ccccc1C(=O)Nc1cccc([N+](=O)[O-])c1C. The smallest absolute Gasteiger partial charge is 0.308 e. The summed E-state index contributed by atoms with van der Waals surface area (Å²) in [5.74, 6) is -0.942. The number of hydrogen-bond donors (Lipinski definition) is 1. The van der Waals surface area contributed by atoms with Gasteiger partial charge in [0, 0.05) is 13.0 Å². The van der Waals surface area contributed by atoms with Crippen LogP contribution in [0, 0.1) is 17.0 Å². The molecular formula is C16H14N2O5. The van der Waals surface area contributed by atoms with Crippen LogP contribution >= 0.6 is 0 Å². The minimum Gasteiger partial charge on any atom is -0.426 e. The van der Waals surface area contributed by atoms with E-state index in [1.807, 2.05) is 0 Å². The van der Waals surface area contributed by atoms with Crippen molar-refractivity contribution < 1.29 is 19.2 Å². The van der Waals surface area contributed by atoms with Gasteiger partial charge in [-0.05, 0) is 25.1 Å². The largest absolute Gasteiger partial charge is 0.426 e. The van der Waals surface area contributed by atoms with E-state index in [4.69, 9.17) is 4.74 Å². The Hall–Kier alpha value is -3.22. The summed E-state index contributed by atoms with van der Waals surface area (Å²) in [4.78, 5) is 33.9. The molecule has 0 spiro atoms. The highest BCUT2D eigenvalue weighted by Gasteiger charge is 2.18. The molecular weight excluding hydrogens is 300 g/mol. The first-order valence-electron chi connectivity index (χ1n) is 6.73. The number of carbonyl (C=O) groups is 2. The van der Waals surface area contributed by atoms with Crippen LogP contribution in [0.1, 0.15) is 22.8 Å². The number of carbonyl (C=O) groups excluding carboxylic acids is 2. The summed E-state index contributed by atoms with van der Waals surface area (Å²) in [6.07, 6.45) is 0. The molecule has 2 rings (SSSR count). The number of para-hydroxylation sites is 1. The fourth-order valence-corrected chi connectivity index (χ4v) is 2.04. The number of esters is 1. The van der Waals surface area contributed by atoms with Crippen molar-refractivity contribution >= 4 is 23.3 Å². The quantitative estimate of drug-likeness (QED) is 0.404. The van der Waals surface area contributed by atoms with Gasteiger partial charge in [0.25, 0.3) is 11.6 Å². The Bertz CT molecular complexity index is 786. The van der Waals surface area contributed by atoms with Gasteiger partial charge in [0.15, 0.2) is 0 Å². The molecule has 0 fully saturated rings. The first-order valence-corrected chi connectivity index (χ1v) is 6.73. The number of nitrogens with one attached hydrogen (secondary N) is 1. The van der Waals surface area contributed by atoms with E-state index in [2.05, 4.69) is 5.32 Å². The molecule has 0 heterocycles. The second-order valence-electron chi connectivity index (χ2n) is 4.75. The molecule has 0 aromatic heterocycles. The Balaban J connectivity index is 2.32. The highest BCUT2D eigenvalue weighted by atomic mass is 16.6. The number of nitrogens with zero attached hydrogens (tertiary/aromatic N) is 1. The Morgan fingerprint density at radius 2 is 1.83 bits per heavy atom. The van der Waals surface area contributed by atoms with E-state index in [0.717, 1.165) is 0 Å². The summed E-state index contributed by atoms with van der Waals surface area (Å²) < 4.78 is 4.99. The fraction of sp³-hybridized carbons (Fsp3) is 0.125. The summed E-state index contributed by atoms with van der Waals surface area (Å²) in [6, 6.07) is 10.7. The molecule has 2 aromatic carbocycles. The van der Waals surface area contributed by atoms with Crippen molar-refractivity contribution in [3.8, 4) is 5.75 Å². The maximum atomic E-state index is 12.4. The second kappa shape index (κ2) is 6.69. The van der Waals surface area contributed by atoms with Gasteiger partial charge in [-0.1, -0.05) is 18.2 Å². The van der Waals surface area contributed by atoms with Crippen molar-refractivity contribution in [1.82, 2.24) is 0 Å². The number of nitro benzene ring substituents is 1. The Morgan fingerprint density at radius 1 is 1.13 bits per heavy atom. The Kier molecular flexibility index (Phi) is 4.70. The zero-order valence-electron chi connectivity index (χ0n) is 12.5. The third-order valence-corrected chi connectivity index (χ3v) is 3.14. The maximum Gasteiger partial charge on any atom is 0.308 e. The summed E-state index contributed by atoms with van der Waals surface area (Å²) in [7, 11) is 0. The zero-order valence-corrected chi connectivity index (χ0v) is 12.5. The lowest BCUT2D eigenvalue weighted by atomic mass is 10.1. The third-order valence-electron chi connectivity index (χ3n) is 3.14. The van der Waals surface area contributed by atoms with E-state index >= 15 is 0 Å². The van der Waals surface area contributed by atoms with E-state index in [1.165, 1.54) is 31.2 Å². The lowest BCUT2D eigenvalue weighted by Crippen LogP contribution is -2.15. The number of amides is 1. The molecule has 0 unspecified atom stereocenters. The van der Waals surface area contributed by atoms with E-state index in [9.17, 15) is 19.7 Å². The molecule has 0 saturated heterocycles. The molecule has 1 amide bonds. The van der Waals surface area contributed by atoms with Crippen LogP contribution in [-0.4, -0.2) is 16.8 Å². The van der Waals surface area contributed by atoms with Crippen molar-refractivity contribution in [2.75, 3.05) is 5.32 Å². The molecule has 0 aliphatic carbocycles. The predicted octanol–water partition coefficient (Wildman–Crippen LogP) is 3.08. The van der Waals surface area contributed by atoms with E-state index in [1.54, 1.807) is 25.1 Å².